The zero-order chi connectivity index (χ0) is 13.3. The quantitative estimate of drug-likeness (QED) is 0.771. The van der Waals surface area contributed by atoms with Crippen molar-refractivity contribution in [2.24, 2.45) is 5.92 Å². The van der Waals surface area contributed by atoms with E-state index in [1.54, 1.807) is 4.90 Å². The molecule has 2 aliphatic rings. The number of fused-ring (bicyclic) bond motifs is 1. The third-order valence-electron chi connectivity index (χ3n) is 3.62. The maximum Gasteiger partial charge on any atom is 0.410 e. The van der Waals surface area contributed by atoms with E-state index in [4.69, 9.17) is 9.47 Å². The highest BCUT2D eigenvalue weighted by molar-refractivity contribution is 5.68. The lowest BCUT2D eigenvalue weighted by molar-refractivity contribution is -0.0370. The van der Waals surface area contributed by atoms with Gasteiger partial charge in [0.1, 0.15) is 5.60 Å². The molecule has 18 heavy (non-hydrogen) atoms. The first-order valence-electron chi connectivity index (χ1n) is 6.64. The minimum atomic E-state index is -0.500. The monoisotopic (exact) mass is 257 g/mol. The molecule has 5 heteroatoms. The molecule has 0 aromatic heterocycles. The smallest absolute Gasteiger partial charge is 0.410 e. The number of aliphatic hydroxyl groups is 1. The normalized spacial score (nSPS) is 32.2. The summed E-state index contributed by atoms with van der Waals surface area (Å²) < 4.78 is 11.0. The summed E-state index contributed by atoms with van der Waals surface area (Å²) in [4.78, 5) is 13.8. The summed E-state index contributed by atoms with van der Waals surface area (Å²) in [6, 6.07) is -0.166. The fraction of sp³-hybridized carbons (Fsp3) is 0.923. The highest BCUT2D eigenvalue weighted by Crippen LogP contribution is 2.34. The molecule has 2 fully saturated rings. The van der Waals surface area contributed by atoms with Gasteiger partial charge in [0, 0.05) is 19.1 Å². The minimum absolute atomic E-state index is 0.0240. The maximum absolute atomic E-state index is 12.1. The lowest BCUT2D eigenvalue weighted by Crippen LogP contribution is -2.55. The number of likely N-dealkylation sites (tertiary alicyclic amines) is 1. The fourth-order valence-corrected chi connectivity index (χ4v) is 2.85. The average molecular weight is 257 g/mol. The van der Waals surface area contributed by atoms with E-state index < -0.39 is 5.60 Å². The van der Waals surface area contributed by atoms with E-state index in [1.165, 1.54) is 0 Å². The molecule has 1 amide bonds. The van der Waals surface area contributed by atoms with E-state index in [0.717, 1.165) is 19.4 Å². The Kier molecular flexibility index (Phi) is 3.82. The lowest BCUT2D eigenvalue weighted by Gasteiger charge is -2.41. The molecule has 2 heterocycles. The Hall–Kier alpha value is -0.810. The SMILES string of the molecule is CC(C)(C)OC(=O)N1CCC2OCCC2C1CO. The number of hydrogen-bond donors (Lipinski definition) is 1. The van der Waals surface area contributed by atoms with Crippen molar-refractivity contribution in [2.45, 2.75) is 51.4 Å². The van der Waals surface area contributed by atoms with E-state index in [2.05, 4.69) is 0 Å². The molecule has 2 aliphatic heterocycles. The topological polar surface area (TPSA) is 59.0 Å². The van der Waals surface area contributed by atoms with Gasteiger partial charge in [-0.05, 0) is 33.6 Å². The van der Waals surface area contributed by atoms with Gasteiger partial charge in [-0.1, -0.05) is 0 Å². The summed E-state index contributed by atoms with van der Waals surface area (Å²) in [6.07, 6.45) is 1.61. The van der Waals surface area contributed by atoms with Crippen LogP contribution in [0.2, 0.25) is 0 Å². The Morgan fingerprint density at radius 2 is 2.17 bits per heavy atom. The summed E-state index contributed by atoms with van der Waals surface area (Å²) in [5, 5.41) is 9.55. The van der Waals surface area contributed by atoms with Gasteiger partial charge in [-0.2, -0.15) is 0 Å². The van der Waals surface area contributed by atoms with Gasteiger partial charge in [0.05, 0.1) is 18.8 Å². The van der Waals surface area contributed by atoms with Crippen molar-refractivity contribution in [2.75, 3.05) is 19.8 Å². The predicted molar refractivity (Wildman–Crippen MR) is 66.3 cm³/mol. The second-order valence-electron chi connectivity index (χ2n) is 6.07. The first-order valence-corrected chi connectivity index (χ1v) is 6.64. The number of rotatable bonds is 1. The first kappa shape index (κ1) is 13.6. The van der Waals surface area contributed by atoms with Gasteiger partial charge in [0.15, 0.2) is 0 Å². The molecule has 0 spiro atoms. The zero-order valence-corrected chi connectivity index (χ0v) is 11.4. The third kappa shape index (κ3) is 2.78. The van der Waals surface area contributed by atoms with Crippen LogP contribution in [0.4, 0.5) is 4.79 Å². The number of amides is 1. The molecule has 2 saturated heterocycles. The van der Waals surface area contributed by atoms with E-state index in [1.807, 2.05) is 20.8 Å². The van der Waals surface area contributed by atoms with Crippen molar-refractivity contribution in [3.05, 3.63) is 0 Å². The molecule has 0 aromatic carbocycles. The van der Waals surface area contributed by atoms with Crippen LogP contribution in [0.15, 0.2) is 0 Å². The van der Waals surface area contributed by atoms with Gasteiger partial charge < -0.3 is 19.5 Å². The van der Waals surface area contributed by atoms with Crippen LogP contribution in [-0.2, 0) is 9.47 Å². The highest BCUT2D eigenvalue weighted by atomic mass is 16.6. The molecule has 3 unspecified atom stereocenters. The van der Waals surface area contributed by atoms with Crippen LogP contribution >= 0.6 is 0 Å². The largest absolute Gasteiger partial charge is 0.444 e. The summed E-state index contributed by atoms with van der Waals surface area (Å²) >= 11 is 0. The molecule has 0 aliphatic carbocycles. The molecule has 5 nitrogen and oxygen atoms in total. The van der Waals surface area contributed by atoms with E-state index in [-0.39, 0.29) is 30.8 Å². The van der Waals surface area contributed by atoms with E-state index in [0.29, 0.717) is 6.54 Å². The summed E-state index contributed by atoms with van der Waals surface area (Å²) in [5.41, 5.74) is -0.500. The molecule has 2 rings (SSSR count). The van der Waals surface area contributed by atoms with E-state index >= 15 is 0 Å². The Labute approximate surface area is 108 Å². The van der Waals surface area contributed by atoms with Crippen LogP contribution in [0.3, 0.4) is 0 Å². The van der Waals surface area contributed by atoms with Crippen molar-refractivity contribution >= 4 is 6.09 Å². The Morgan fingerprint density at radius 1 is 1.44 bits per heavy atom. The number of carbonyl (C=O) groups is 1. The van der Waals surface area contributed by atoms with Crippen LogP contribution in [0.1, 0.15) is 33.6 Å². The van der Waals surface area contributed by atoms with Crippen LogP contribution in [-0.4, -0.2) is 53.6 Å². The number of piperidine rings is 1. The summed E-state index contributed by atoms with van der Waals surface area (Å²) in [5.74, 6) is 0.247. The Morgan fingerprint density at radius 3 is 2.78 bits per heavy atom. The van der Waals surface area contributed by atoms with Crippen LogP contribution < -0.4 is 0 Å². The molecule has 1 N–H and O–H groups in total. The molecule has 0 aromatic rings. The van der Waals surface area contributed by atoms with Gasteiger partial charge in [0.25, 0.3) is 0 Å². The second kappa shape index (κ2) is 5.05. The number of hydrogen-bond acceptors (Lipinski definition) is 4. The average Bonchev–Trinajstić information content (AvgIpc) is 2.72. The van der Waals surface area contributed by atoms with Gasteiger partial charge >= 0.3 is 6.09 Å². The highest BCUT2D eigenvalue weighted by Gasteiger charge is 2.44. The maximum atomic E-state index is 12.1. The third-order valence-corrected chi connectivity index (χ3v) is 3.62. The number of nitrogens with zero attached hydrogens (tertiary/aromatic N) is 1. The number of ether oxygens (including phenoxy) is 2. The first-order chi connectivity index (χ1) is 8.42. The van der Waals surface area contributed by atoms with Gasteiger partial charge in [-0.3, -0.25) is 0 Å². The minimum Gasteiger partial charge on any atom is -0.444 e. The molecule has 0 saturated carbocycles. The number of carbonyl (C=O) groups excluding carboxylic acids is 1. The Bertz CT molecular complexity index is 313. The second-order valence-corrected chi connectivity index (χ2v) is 6.07. The van der Waals surface area contributed by atoms with Crippen molar-refractivity contribution in [1.82, 2.24) is 4.90 Å². The molecular weight excluding hydrogens is 234 g/mol. The van der Waals surface area contributed by atoms with Gasteiger partial charge in [-0.15, -0.1) is 0 Å². The predicted octanol–water partition coefficient (Wildman–Crippen LogP) is 1.39. The van der Waals surface area contributed by atoms with Crippen LogP contribution in [0, 0.1) is 5.92 Å². The van der Waals surface area contributed by atoms with Gasteiger partial charge in [0.2, 0.25) is 0 Å². The summed E-state index contributed by atoms with van der Waals surface area (Å²) in [7, 11) is 0. The van der Waals surface area contributed by atoms with Crippen molar-refractivity contribution in [3.8, 4) is 0 Å². The number of aliphatic hydroxyl groups excluding tert-OH is 1. The Balaban J connectivity index is 2.05. The fourth-order valence-electron chi connectivity index (χ4n) is 2.85. The van der Waals surface area contributed by atoms with Crippen LogP contribution in [0.25, 0.3) is 0 Å². The van der Waals surface area contributed by atoms with Crippen molar-refractivity contribution in [3.63, 3.8) is 0 Å². The van der Waals surface area contributed by atoms with E-state index in [9.17, 15) is 9.90 Å². The van der Waals surface area contributed by atoms with Gasteiger partial charge in [-0.25, -0.2) is 4.79 Å². The molecule has 104 valence electrons. The molecule has 0 radical (unpaired) electrons. The van der Waals surface area contributed by atoms with Crippen molar-refractivity contribution < 1.29 is 19.4 Å². The van der Waals surface area contributed by atoms with Crippen LogP contribution in [0.5, 0.6) is 0 Å². The molecule has 3 atom stereocenters. The summed E-state index contributed by atoms with van der Waals surface area (Å²) in [6.45, 7) is 6.86. The standard InChI is InChI=1S/C13H23NO4/c1-13(2,3)18-12(16)14-6-4-11-9(5-7-17-11)10(14)8-15/h9-11,15H,4-8H2,1-3H3. The molecule has 0 bridgehead atoms. The lowest BCUT2D eigenvalue weighted by atomic mass is 9.86. The van der Waals surface area contributed by atoms with Crippen molar-refractivity contribution in [1.29, 1.82) is 0 Å². The zero-order valence-electron chi connectivity index (χ0n) is 11.4. The molecular formula is C13H23NO4.